The van der Waals surface area contributed by atoms with Crippen LogP contribution in [0.2, 0.25) is 0 Å². The molecule has 5 N–H and O–H groups in total. The van der Waals surface area contributed by atoms with Gasteiger partial charge in [-0.2, -0.15) is 0 Å². The molecule has 0 unspecified atom stereocenters. The Morgan fingerprint density at radius 2 is 1.67 bits per heavy atom. The molecule has 0 spiro atoms. The summed E-state index contributed by atoms with van der Waals surface area (Å²) < 4.78 is 0. The van der Waals surface area contributed by atoms with Gasteiger partial charge in [0, 0.05) is 6.54 Å². The van der Waals surface area contributed by atoms with E-state index < -0.39 is 5.17 Å². The van der Waals surface area contributed by atoms with E-state index in [-0.39, 0.29) is 12.6 Å². The van der Waals surface area contributed by atoms with Crippen molar-refractivity contribution >= 4 is 34.8 Å². The quantitative estimate of drug-likeness (QED) is 0.446. The van der Waals surface area contributed by atoms with E-state index in [1.165, 1.54) is 19.3 Å². The third kappa shape index (κ3) is 42.6. The molecule has 0 rings (SSSR count). The smallest absolute Gasteiger partial charge is 0.254 e. The highest BCUT2D eigenvalue weighted by molar-refractivity contribution is 7.80. The van der Waals surface area contributed by atoms with Crippen LogP contribution in [-0.2, 0) is 0 Å². The molecule has 0 aliphatic carbocycles. The van der Waals surface area contributed by atoms with Crippen LogP contribution in [0, 0.1) is 0 Å². The summed E-state index contributed by atoms with van der Waals surface area (Å²) >= 11 is 8.29. The lowest BCUT2D eigenvalue weighted by Gasteiger charge is -2.00. The maximum absolute atomic E-state index is 8.53. The summed E-state index contributed by atoms with van der Waals surface area (Å²) in [4.78, 5) is 0. The number of aliphatic hydroxyl groups excluding tert-OH is 2. The predicted octanol–water partition coefficient (Wildman–Crippen LogP) is 2.42. The lowest BCUT2D eigenvalue weighted by atomic mass is 10.2. The molecular formula is C9H22N2O2S2. The van der Waals surface area contributed by atoms with Gasteiger partial charge in [-0.15, -0.1) is 0 Å². The van der Waals surface area contributed by atoms with E-state index in [1.807, 2.05) is 0 Å². The average molecular weight is 254 g/mol. The van der Waals surface area contributed by atoms with Crippen molar-refractivity contribution < 1.29 is 10.2 Å². The molecule has 0 aliphatic heterocycles. The molecule has 0 saturated heterocycles. The highest BCUT2D eigenvalue weighted by Gasteiger charge is 1.88. The number of hydrogen-bond donors (Lipinski definition) is 4. The van der Waals surface area contributed by atoms with Crippen molar-refractivity contribution in [3.8, 4) is 0 Å². The number of nitrogens with two attached hydrogens (primary N) is 1. The average Bonchev–Trinajstić information content (AvgIpc) is 2.02. The van der Waals surface area contributed by atoms with E-state index in [4.69, 9.17) is 10.2 Å². The summed E-state index contributed by atoms with van der Waals surface area (Å²) in [7, 11) is 0. The van der Waals surface area contributed by atoms with Crippen LogP contribution in [0.5, 0.6) is 0 Å². The molecule has 6 heteroatoms. The minimum atomic E-state index is -0.500. The molecule has 0 saturated carbocycles. The highest BCUT2D eigenvalue weighted by atomic mass is 32.1. The normalized spacial score (nSPS) is 7.80. The van der Waals surface area contributed by atoms with Gasteiger partial charge < -0.3 is 21.3 Å². The van der Waals surface area contributed by atoms with Gasteiger partial charge in [0.15, 0.2) is 0 Å². The van der Waals surface area contributed by atoms with Gasteiger partial charge in [0.25, 0.3) is 10.3 Å². The second kappa shape index (κ2) is 15.8. The fourth-order valence-corrected chi connectivity index (χ4v) is 0.849. The Labute approximate surface area is 103 Å². The van der Waals surface area contributed by atoms with E-state index in [0.29, 0.717) is 0 Å². The third-order valence-electron chi connectivity index (χ3n) is 1.31. The van der Waals surface area contributed by atoms with Gasteiger partial charge in [-0.3, -0.25) is 0 Å². The second-order valence-electron chi connectivity index (χ2n) is 2.63. The standard InChI is InChI=1S/C7H15NOS.CH3NOS.CH4/c1-2-3-4-5-6-8-7(9)10;2-1(3)4;/h2-6H2,1H3,(H2,8,9,10);(H3,2,3,4);1H4. The fraction of sp³-hybridized carbons (Fsp3) is 0.778. The van der Waals surface area contributed by atoms with Crippen LogP contribution in [0.3, 0.4) is 0 Å². The van der Waals surface area contributed by atoms with Gasteiger partial charge in [-0.1, -0.05) is 33.6 Å². The number of hydrogen-bond acceptors (Lipinski definition) is 2. The van der Waals surface area contributed by atoms with Crippen molar-refractivity contribution in [3.63, 3.8) is 0 Å². The Morgan fingerprint density at radius 3 is 2.00 bits per heavy atom. The zero-order chi connectivity index (χ0) is 11.4. The maximum Gasteiger partial charge on any atom is 0.254 e. The Morgan fingerprint density at radius 1 is 1.20 bits per heavy atom. The van der Waals surface area contributed by atoms with Crippen LogP contribution in [0.15, 0.2) is 0 Å². The molecule has 15 heavy (non-hydrogen) atoms. The topological polar surface area (TPSA) is 78.5 Å². The molecule has 0 aliphatic rings. The molecule has 0 amide bonds. The molecule has 0 bridgehead atoms. The Bertz CT molecular complexity index is 162. The SMILES string of the molecule is C.CCCCCCNC(O)=S.NC(O)=S. The van der Waals surface area contributed by atoms with E-state index in [0.717, 1.165) is 13.0 Å². The number of aliphatic hydroxyl groups is 2. The van der Waals surface area contributed by atoms with Crippen LogP contribution in [0.1, 0.15) is 40.0 Å². The first-order valence-electron chi connectivity index (χ1n) is 4.45. The molecule has 0 atom stereocenters. The minimum absolute atomic E-state index is 0. The van der Waals surface area contributed by atoms with Crippen molar-refractivity contribution in [2.45, 2.75) is 40.0 Å². The lowest BCUT2D eigenvalue weighted by molar-refractivity contribution is 0.523. The van der Waals surface area contributed by atoms with Crippen LogP contribution in [0.4, 0.5) is 0 Å². The number of unbranched alkanes of at least 4 members (excludes halogenated alkanes) is 3. The molecule has 0 fully saturated rings. The van der Waals surface area contributed by atoms with E-state index in [2.05, 4.69) is 42.4 Å². The number of rotatable bonds is 5. The fourth-order valence-electron chi connectivity index (χ4n) is 0.747. The van der Waals surface area contributed by atoms with Gasteiger partial charge in [-0.25, -0.2) is 0 Å². The molecule has 0 radical (unpaired) electrons. The van der Waals surface area contributed by atoms with Gasteiger partial charge in [-0.05, 0) is 30.9 Å². The molecule has 0 heterocycles. The van der Waals surface area contributed by atoms with Crippen LogP contribution < -0.4 is 11.1 Å². The van der Waals surface area contributed by atoms with Gasteiger partial charge in [0.05, 0.1) is 0 Å². The Kier molecular flexibility index (Phi) is 21.0. The maximum atomic E-state index is 8.53. The van der Waals surface area contributed by atoms with Crippen LogP contribution in [0.25, 0.3) is 0 Å². The van der Waals surface area contributed by atoms with E-state index in [1.54, 1.807) is 0 Å². The van der Waals surface area contributed by atoms with Crippen molar-refractivity contribution in [2.24, 2.45) is 5.73 Å². The monoisotopic (exact) mass is 254 g/mol. The zero-order valence-corrected chi connectivity index (χ0v) is 9.96. The van der Waals surface area contributed by atoms with E-state index in [9.17, 15) is 0 Å². The zero-order valence-electron chi connectivity index (χ0n) is 8.32. The van der Waals surface area contributed by atoms with Crippen LogP contribution in [-0.4, -0.2) is 27.1 Å². The van der Waals surface area contributed by atoms with Crippen molar-refractivity contribution in [3.05, 3.63) is 0 Å². The lowest BCUT2D eigenvalue weighted by Crippen LogP contribution is -2.21. The Balaban J connectivity index is -0.000000249. The third-order valence-corrected chi connectivity index (χ3v) is 1.45. The first-order chi connectivity index (χ1) is 6.50. The van der Waals surface area contributed by atoms with Gasteiger partial charge in [0.1, 0.15) is 0 Å². The van der Waals surface area contributed by atoms with Crippen LogP contribution >= 0.6 is 24.4 Å². The van der Waals surface area contributed by atoms with Crippen molar-refractivity contribution in [1.29, 1.82) is 0 Å². The first-order valence-corrected chi connectivity index (χ1v) is 5.27. The largest absolute Gasteiger partial charge is 0.487 e. The molecule has 0 aromatic carbocycles. The van der Waals surface area contributed by atoms with Crippen molar-refractivity contribution in [2.75, 3.05) is 6.54 Å². The summed E-state index contributed by atoms with van der Waals surface area (Å²) in [5, 5.41) is 18.2. The molecule has 92 valence electrons. The summed E-state index contributed by atoms with van der Waals surface area (Å²) in [6.07, 6.45) is 4.81. The predicted molar refractivity (Wildman–Crippen MR) is 73.5 cm³/mol. The second-order valence-corrected chi connectivity index (χ2v) is 3.44. The summed E-state index contributed by atoms with van der Waals surface area (Å²) in [6, 6.07) is 0. The molecular weight excluding hydrogens is 232 g/mol. The number of nitrogens with one attached hydrogen (secondary N) is 1. The van der Waals surface area contributed by atoms with E-state index >= 15 is 0 Å². The minimum Gasteiger partial charge on any atom is -0.487 e. The molecule has 0 aromatic heterocycles. The first kappa shape index (κ1) is 19.9. The Hall–Kier alpha value is -0.620. The molecule has 4 nitrogen and oxygen atoms in total. The summed E-state index contributed by atoms with van der Waals surface area (Å²) in [5.41, 5.74) is 4.40. The molecule has 0 aromatic rings. The highest BCUT2D eigenvalue weighted by Crippen LogP contribution is 1.96. The number of thiocarbonyl (C=S) groups is 2. The van der Waals surface area contributed by atoms with Gasteiger partial charge >= 0.3 is 0 Å². The summed E-state index contributed by atoms with van der Waals surface area (Å²) in [6.45, 7) is 2.97. The van der Waals surface area contributed by atoms with Crippen molar-refractivity contribution in [1.82, 2.24) is 5.32 Å². The van der Waals surface area contributed by atoms with Gasteiger partial charge in [0.2, 0.25) is 0 Å². The summed E-state index contributed by atoms with van der Waals surface area (Å²) in [5.74, 6) is 0.